The summed E-state index contributed by atoms with van der Waals surface area (Å²) in [5.41, 5.74) is 0.715. The van der Waals surface area contributed by atoms with E-state index in [0.717, 1.165) is 0 Å². The van der Waals surface area contributed by atoms with E-state index in [2.05, 4.69) is 10.3 Å². The fraction of sp³-hybridized carbons (Fsp3) is 0.483. The number of fused-ring (bicyclic) bond motifs is 1. The Balaban J connectivity index is 1.58. The van der Waals surface area contributed by atoms with Crippen LogP contribution in [0.5, 0.6) is 0 Å². The van der Waals surface area contributed by atoms with Crippen LogP contribution in [0.1, 0.15) is 50.7 Å². The Morgan fingerprint density at radius 3 is 2.64 bits per heavy atom. The van der Waals surface area contributed by atoms with E-state index in [1.165, 1.54) is 36.6 Å². The van der Waals surface area contributed by atoms with Crippen LogP contribution in [0.25, 0.3) is 0 Å². The molecule has 0 radical (unpaired) electrons. The minimum atomic E-state index is -0.910. The molecule has 3 aliphatic heterocycles. The highest BCUT2D eigenvalue weighted by Crippen LogP contribution is 2.38. The first-order chi connectivity index (χ1) is 19.9. The molecule has 2 fully saturated rings. The van der Waals surface area contributed by atoms with Crippen LogP contribution in [0.4, 0.5) is 9.18 Å². The number of amidine groups is 1. The van der Waals surface area contributed by atoms with E-state index in [1.807, 2.05) is 42.9 Å². The van der Waals surface area contributed by atoms with Gasteiger partial charge in [-0.1, -0.05) is 24.6 Å². The molecular formula is C29H34ClFN6O4S. The number of thiazole rings is 1. The van der Waals surface area contributed by atoms with Gasteiger partial charge in [-0.2, -0.15) is 0 Å². The molecule has 4 heterocycles. The lowest BCUT2D eigenvalue weighted by Crippen LogP contribution is -2.62. The lowest BCUT2D eigenvalue weighted by molar-refractivity contribution is -0.136. The summed E-state index contributed by atoms with van der Waals surface area (Å²) in [5.74, 6) is -0.710. The number of ether oxygens (including phenoxy) is 1. The second kappa shape index (κ2) is 11.7. The summed E-state index contributed by atoms with van der Waals surface area (Å²) in [6.07, 6.45) is 1.95. The van der Waals surface area contributed by atoms with Crippen molar-refractivity contribution in [3.63, 3.8) is 0 Å². The maximum Gasteiger partial charge on any atom is 0.338 e. The molecule has 224 valence electrons. The maximum atomic E-state index is 14.0. The summed E-state index contributed by atoms with van der Waals surface area (Å²) in [5, 5.41) is 5.81. The fourth-order valence-electron chi connectivity index (χ4n) is 5.85. The number of carbonyl (C=O) groups is 3. The third-order valence-corrected chi connectivity index (χ3v) is 9.01. The molecule has 2 amide bonds. The predicted molar refractivity (Wildman–Crippen MR) is 158 cm³/mol. The van der Waals surface area contributed by atoms with Crippen LogP contribution >= 0.6 is 22.9 Å². The number of Topliss-reactive ketones (excluding diaryl/α,β-unsaturated/α-hetero) is 1. The molecule has 1 N–H and O–H groups in total. The van der Waals surface area contributed by atoms with Gasteiger partial charge in [-0.15, -0.1) is 11.3 Å². The molecule has 1 unspecified atom stereocenters. The average Bonchev–Trinajstić information content (AvgIpc) is 3.60. The first-order valence-corrected chi connectivity index (χ1v) is 15.1. The third kappa shape index (κ3) is 5.55. The van der Waals surface area contributed by atoms with Crippen molar-refractivity contribution >= 4 is 46.6 Å². The number of nitrogens with one attached hydrogen (secondary N) is 1. The number of urea groups is 1. The number of ketones is 1. The van der Waals surface area contributed by atoms with Gasteiger partial charge in [-0.05, 0) is 32.9 Å². The quantitative estimate of drug-likeness (QED) is 0.468. The number of rotatable bonds is 7. The Hall–Kier alpha value is -3.35. The number of nitrogens with zero attached hydrogens (tertiary/aromatic N) is 5. The van der Waals surface area contributed by atoms with E-state index in [1.54, 1.807) is 11.1 Å². The number of piperazine rings is 1. The number of aliphatic imine (C=N–C) groups is 1. The maximum absolute atomic E-state index is 14.0. The van der Waals surface area contributed by atoms with Gasteiger partial charge in [0.1, 0.15) is 11.9 Å². The molecule has 0 aliphatic carbocycles. The van der Waals surface area contributed by atoms with E-state index < -0.39 is 29.4 Å². The number of benzene rings is 1. The molecule has 3 aliphatic rings. The second-order valence-electron chi connectivity index (χ2n) is 11.5. The van der Waals surface area contributed by atoms with Crippen molar-refractivity contribution in [1.82, 2.24) is 25.0 Å². The highest BCUT2D eigenvalue weighted by molar-refractivity contribution is 7.11. The first-order valence-electron chi connectivity index (χ1n) is 13.8. The van der Waals surface area contributed by atoms with Gasteiger partial charge in [-0.25, -0.2) is 19.0 Å². The first kappa shape index (κ1) is 30.1. The van der Waals surface area contributed by atoms with Crippen LogP contribution < -0.4 is 5.32 Å². The standard InChI is InChI=1S/C29H34ClFN6O4S/c1-6-21(38)24-20-15-37(29(2,3)4)28(40)36(20)11-10-35(24)14-19-22(27(39)41-5)23(17-8-7-16(31)13-18(17)30)34-25(33-19)26-32-9-12-42-26/h7-9,12-13,20,23-24H,6,10-11,14-15H2,1-5H3,(H,33,34)/t20-,23-,24?/m0/s1. The van der Waals surface area contributed by atoms with Crippen LogP contribution in [-0.4, -0.2) is 94.2 Å². The molecule has 1 aromatic carbocycles. The van der Waals surface area contributed by atoms with Crippen molar-refractivity contribution in [2.75, 3.05) is 33.3 Å². The summed E-state index contributed by atoms with van der Waals surface area (Å²) in [7, 11) is 1.28. The van der Waals surface area contributed by atoms with Crippen LogP contribution in [0.15, 0.2) is 46.0 Å². The molecule has 2 aromatic rings. The van der Waals surface area contributed by atoms with E-state index in [0.29, 0.717) is 48.2 Å². The van der Waals surface area contributed by atoms with E-state index >= 15 is 0 Å². The molecule has 0 saturated carbocycles. The number of esters is 1. The second-order valence-corrected chi connectivity index (χ2v) is 12.8. The fourth-order valence-corrected chi connectivity index (χ4v) is 6.71. The highest BCUT2D eigenvalue weighted by atomic mass is 35.5. The molecule has 0 bridgehead atoms. The monoisotopic (exact) mass is 616 g/mol. The van der Waals surface area contributed by atoms with Gasteiger partial charge in [-0.3, -0.25) is 14.7 Å². The minimum Gasteiger partial charge on any atom is -0.466 e. The van der Waals surface area contributed by atoms with E-state index in [-0.39, 0.29) is 35.0 Å². The van der Waals surface area contributed by atoms with Crippen LogP contribution in [0, 0.1) is 5.82 Å². The van der Waals surface area contributed by atoms with Crippen molar-refractivity contribution in [2.45, 2.75) is 57.8 Å². The number of aromatic nitrogens is 1. The zero-order chi connectivity index (χ0) is 30.3. The van der Waals surface area contributed by atoms with Crippen molar-refractivity contribution in [2.24, 2.45) is 4.99 Å². The molecule has 5 rings (SSSR count). The summed E-state index contributed by atoms with van der Waals surface area (Å²) in [6, 6.07) is 2.05. The molecule has 3 atom stereocenters. The lowest BCUT2D eigenvalue weighted by Gasteiger charge is -2.43. The van der Waals surface area contributed by atoms with Gasteiger partial charge in [0.25, 0.3) is 0 Å². The number of methoxy groups -OCH3 is 1. The summed E-state index contributed by atoms with van der Waals surface area (Å²) >= 11 is 7.85. The Labute approximate surface area is 253 Å². The molecular weight excluding hydrogens is 583 g/mol. The third-order valence-electron chi connectivity index (χ3n) is 7.91. The van der Waals surface area contributed by atoms with Crippen LogP contribution in [0.3, 0.4) is 0 Å². The Bertz CT molecular complexity index is 1460. The number of hydrogen-bond donors (Lipinski definition) is 1. The van der Waals surface area contributed by atoms with Gasteiger partial charge < -0.3 is 19.9 Å². The largest absolute Gasteiger partial charge is 0.466 e. The topological polar surface area (TPSA) is 107 Å². The summed E-state index contributed by atoms with van der Waals surface area (Å²) < 4.78 is 19.2. The normalized spacial score (nSPS) is 23.1. The molecule has 0 spiro atoms. The van der Waals surface area contributed by atoms with E-state index in [4.69, 9.17) is 21.3 Å². The molecule has 1 aromatic heterocycles. The number of carbonyl (C=O) groups excluding carboxylic acids is 3. The lowest BCUT2D eigenvalue weighted by atomic mass is 9.93. The Morgan fingerprint density at radius 2 is 2.02 bits per heavy atom. The number of amides is 2. The van der Waals surface area contributed by atoms with Gasteiger partial charge in [0.2, 0.25) is 0 Å². The van der Waals surface area contributed by atoms with Gasteiger partial charge in [0, 0.05) is 66.0 Å². The minimum absolute atomic E-state index is 0.0104. The van der Waals surface area contributed by atoms with Gasteiger partial charge >= 0.3 is 12.0 Å². The summed E-state index contributed by atoms with van der Waals surface area (Å²) in [4.78, 5) is 55.0. The number of hydrogen-bond acceptors (Lipinski definition) is 9. The van der Waals surface area contributed by atoms with Gasteiger partial charge in [0.15, 0.2) is 16.6 Å². The molecule has 13 heteroatoms. The van der Waals surface area contributed by atoms with Crippen molar-refractivity contribution in [3.05, 3.63) is 62.5 Å². The summed E-state index contributed by atoms with van der Waals surface area (Å²) in [6.45, 7) is 9.22. The van der Waals surface area contributed by atoms with Crippen molar-refractivity contribution < 1.29 is 23.5 Å². The van der Waals surface area contributed by atoms with Gasteiger partial charge in [0.05, 0.1) is 24.8 Å². The SMILES string of the molecule is CCC(=O)C1[C@@H]2CN(C(C)(C)C)C(=O)N2CCN1CC1=C(C(=O)OC)[C@H](c2ccc(F)cc2Cl)N=C(c2nccs2)N1. The van der Waals surface area contributed by atoms with Crippen molar-refractivity contribution in [1.29, 1.82) is 0 Å². The Morgan fingerprint density at radius 1 is 1.26 bits per heavy atom. The zero-order valence-corrected chi connectivity index (χ0v) is 25.8. The molecule has 42 heavy (non-hydrogen) atoms. The van der Waals surface area contributed by atoms with Crippen LogP contribution in [-0.2, 0) is 14.3 Å². The average molecular weight is 617 g/mol. The van der Waals surface area contributed by atoms with Crippen molar-refractivity contribution in [3.8, 4) is 0 Å². The molecule has 10 nitrogen and oxygen atoms in total. The molecule has 2 saturated heterocycles. The Kier molecular flexibility index (Phi) is 8.41. The predicted octanol–water partition coefficient (Wildman–Crippen LogP) is 4.02. The number of halogens is 2. The van der Waals surface area contributed by atoms with Crippen LogP contribution in [0.2, 0.25) is 5.02 Å². The highest BCUT2D eigenvalue weighted by Gasteiger charge is 2.51. The zero-order valence-electron chi connectivity index (χ0n) is 24.2. The van der Waals surface area contributed by atoms with E-state index in [9.17, 15) is 18.8 Å². The smallest absolute Gasteiger partial charge is 0.338 e.